The highest BCUT2D eigenvalue weighted by atomic mass is 32.1. The lowest BCUT2D eigenvalue weighted by atomic mass is 10.1. The van der Waals surface area contributed by atoms with E-state index in [9.17, 15) is 4.79 Å². The highest BCUT2D eigenvalue weighted by Crippen LogP contribution is 2.28. The van der Waals surface area contributed by atoms with Gasteiger partial charge < -0.3 is 19.5 Å². The summed E-state index contributed by atoms with van der Waals surface area (Å²) in [5.41, 5.74) is 2.58. The molecule has 2 aromatic carbocycles. The molecule has 7 heteroatoms. The molecule has 0 saturated heterocycles. The maximum Gasteiger partial charge on any atom is 0.251 e. The molecule has 3 rings (SSSR count). The van der Waals surface area contributed by atoms with E-state index in [0.29, 0.717) is 44.1 Å². The minimum atomic E-state index is -0.113. The summed E-state index contributed by atoms with van der Waals surface area (Å²) in [5.74, 6) is 2.07. The van der Waals surface area contributed by atoms with Gasteiger partial charge in [-0.1, -0.05) is 6.07 Å². The van der Waals surface area contributed by atoms with Gasteiger partial charge in [0.25, 0.3) is 5.91 Å². The van der Waals surface area contributed by atoms with Crippen LogP contribution in [0, 0.1) is 6.92 Å². The molecule has 0 unspecified atom stereocenters. The van der Waals surface area contributed by atoms with Gasteiger partial charge >= 0.3 is 0 Å². The molecule has 31 heavy (non-hydrogen) atoms. The van der Waals surface area contributed by atoms with Crippen molar-refractivity contribution in [1.29, 1.82) is 0 Å². The summed E-state index contributed by atoms with van der Waals surface area (Å²) in [6.07, 6.45) is 0.701. The van der Waals surface area contributed by atoms with Crippen LogP contribution in [0.4, 0.5) is 0 Å². The number of nitrogens with one attached hydrogen (secondary N) is 1. The van der Waals surface area contributed by atoms with E-state index in [4.69, 9.17) is 14.2 Å². The Kier molecular flexibility index (Phi) is 8.29. The van der Waals surface area contributed by atoms with Gasteiger partial charge in [-0.05, 0) is 69.2 Å². The van der Waals surface area contributed by atoms with Crippen LogP contribution in [0.25, 0.3) is 0 Å². The van der Waals surface area contributed by atoms with Crippen LogP contribution in [-0.2, 0) is 13.0 Å². The Labute approximate surface area is 187 Å². The average Bonchev–Trinajstić information content (AvgIpc) is 3.20. The summed E-state index contributed by atoms with van der Waals surface area (Å²) < 4.78 is 17.0. The van der Waals surface area contributed by atoms with Crippen LogP contribution in [0.1, 0.15) is 40.5 Å². The number of hydrogen-bond donors (Lipinski definition) is 1. The van der Waals surface area contributed by atoms with Crippen molar-refractivity contribution in [2.45, 2.75) is 33.8 Å². The number of rotatable bonds is 11. The van der Waals surface area contributed by atoms with Gasteiger partial charge in [-0.15, -0.1) is 11.3 Å². The first-order valence-electron chi connectivity index (χ1n) is 10.4. The lowest BCUT2D eigenvalue weighted by Crippen LogP contribution is -2.25. The number of benzene rings is 2. The topological polar surface area (TPSA) is 69.7 Å². The number of ether oxygens (including phenoxy) is 3. The van der Waals surface area contributed by atoms with Crippen LogP contribution < -0.4 is 19.5 Å². The van der Waals surface area contributed by atoms with Gasteiger partial charge in [-0.3, -0.25) is 4.79 Å². The molecule has 0 aliphatic heterocycles. The van der Waals surface area contributed by atoms with Gasteiger partial charge in [0, 0.05) is 17.5 Å². The first-order valence-corrected chi connectivity index (χ1v) is 11.3. The summed E-state index contributed by atoms with van der Waals surface area (Å²) in [6, 6.07) is 13.0. The van der Waals surface area contributed by atoms with E-state index in [2.05, 4.69) is 10.3 Å². The number of aromatic nitrogens is 1. The third kappa shape index (κ3) is 6.72. The van der Waals surface area contributed by atoms with Gasteiger partial charge in [-0.2, -0.15) is 0 Å². The fourth-order valence-electron chi connectivity index (χ4n) is 3.01. The van der Waals surface area contributed by atoms with Crippen molar-refractivity contribution in [2.24, 2.45) is 0 Å². The first-order chi connectivity index (χ1) is 15.1. The Hall–Kier alpha value is -3.06. The Bertz CT molecular complexity index is 985. The Morgan fingerprint density at radius 1 is 1.00 bits per heavy atom. The molecule has 0 aliphatic rings. The van der Waals surface area contributed by atoms with E-state index in [1.807, 2.05) is 44.4 Å². The molecule has 0 fully saturated rings. The number of carbonyl (C=O) groups excluding carboxylic acids is 1. The smallest absolute Gasteiger partial charge is 0.251 e. The SMILES string of the molecule is CCOc1ccc(CCNC(=O)c2ccc(OCc3csc(C)n3)cc2)cc1OCC. The van der Waals surface area contributed by atoms with Crippen molar-refractivity contribution in [1.82, 2.24) is 10.3 Å². The third-order valence-electron chi connectivity index (χ3n) is 4.48. The highest BCUT2D eigenvalue weighted by Gasteiger charge is 2.09. The molecule has 164 valence electrons. The van der Waals surface area contributed by atoms with Crippen LogP contribution in [0.2, 0.25) is 0 Å². The van der Waals surface area contributed by atoms with Crippen molar-refractivity contribution < 1.29 is 19.0 Å². The maximum atomic E-state index is 12.4. The van der Waals surface area contributed by atoms with Crippen LogP contribution in [0.3, 0.4) is 0 Å². The van der Waals surface area contributed by atoms with Crippen LogP contribution in [0.5, 0.6) is 17.2 Å². The molecule has 1 aromatic heterocycles. The second-order valence-electron chi connectivity index (χ2n) is 6.82. The van der Waals surface area contributed by atoms with Crippen molar-refractivity contribution in [3.05, 3.63) is 69.7 Å². The van der Waals surface area contributed by atoms with Crippen molar-refractivity contribution in [3.8, 4) is 17.2 Å². The molecule has 0 aliphatic carbocycles. The molecule has 0 saturated carbocycles. The predicted molar refractivity (Wildman–Crippen MR) is 122 cm³/mol. The minimum absolute atomic E-state index is 0.113. The Balaban J connectivity index is 1.48. The zero-order valence-corrected chi connectivity index (χ0v) is 19.0. The molecule has 0 atom stereocenters. The molecular formula is C24H28N2O4S. The number of thiazole rings is 1. The van der Waals surface area contributed by atoms with Gasteiger partial charge in [-0.25, -0.2) is 4.98 Å². The predicted octanol–water partition coefficient (Wildman–Crippen LogP) is 4.80. The molecule has 0 radical (unpaired) electrons. The Morgan fingerprint density at radius 3 is 2.42 bits per heavy atom. The van der Waals surface area contributed by atoms with Gasteiger partial charge in [0.05, 0.1) is 23.9 Å². The number of hydrogen-bond acceptors (Lipinski definition) is 6. The standard InChI is InChI=1S/C24H28N2O4S/c1-4-28-22-11-6-18(14-23(22)29-5-2)12-13-25-24(27)19-7-9-21(10-8-19)30-15-20-16-31-17(3)26-20/h6-11,14,16H,4-5,12-13,15H2,1-3H3,(H,25,27). The molecule has 0 bridgehead atoms. The van der Waals surface area contributed by atoms with Crippen molar-refractivity contribution in [3.63, 3.8) is 0 Å². The van der Waals surface area contributed by atoms with Crippen LogP contribution in [-0.4, -0.2) is 30.6 Å². The van der Waals surface area contributed by atoms with Crippen LogP contribution >= 0.6 is 11.3 Å². The van der Waals surface area contributed by atoms with E-state index in [-0.39, 0.29) is 5.91 Å². The van der Waals surface area contributed by atoms with E-state index in [0.717, 1.165) is 27.8 Å². The fourth-order valence-corrected chi connectivity index (χ4v) is 3.61. The number of amides is 1. The molecule has 1 amide bonds. The monoisotopic (exact) mass is 440 g/mol. The van der Waals surface area contributed by atoms with E-state index in [1.54, 1.807) is 35.6 Å². The normalized spacial score (nSPS) is 10.5. The summed E-state index contributed by atoms with van der Waals surface area (Å²) in [4.78, 5) is 16.8. The fraction of sp³-hybridized carbons (Fsp3) is 0.333. The van der Waals surface area contributed by atoms with Gasteiger partial charge in [0.1, 0.15) is 12.4 Å². The number of nitrogens with zero attached hydrogens (tertiary/aromatic N) is 1. The minimum Gasteiger partial charge on any atom is -0.490 e. The lowest BCUT2D eigenvalue weighted by molar-refractivity contribution is 0.0954. The zero-order chi connectivity index (χ0) is 22.1. The largest absolute Gasteiger partial charge is 0.490 e. The van der Waals surface area contributed by atoms with Gasteiger partial charge in [0.15, 0.2) is 11.5 Å². The van der Waals surface area contributed by atoms with Gasteiger partial charge in [0.2, 0.25) is 0 Å². The highest BCUT2D eigenvalue weighted by molar-refractivity contribution is 7.09. The molecule has 1 N–H and O–H groups in total. The molecular weight excluding hydrogens is 412 g/mol. The van der Waals surface area contributed by atoms with E-state index < -0.39 is 0 Å². The quantitative estimate of drug-likeness (QED) is 0.464. The summed E-state index contributed by atoms with van der Waals surface area (Å²) in [5, 5.41) is 5.96. The Morgan fingerprint density at radius 2 is 1.74 bits per heavy atom. The summed E-state index contributed by atoms with van der Waals surface area (Å²) in [7, 11) is 0. The second kappa shape index (κ2) is 11.4. The van der Waals surface area contributed by atoms with Crippen molar-refractivity contribution >= 4 is 17.2 Å². The summed E-state index contributed by atoms with van der Waals surface area (Å²) in [6.45, 7) is 7.96. The number of carbonyl (C=O) groups is 1. The number of aryl methyl sites for hydroxylation is 1. The third-order valence-corrected chi connectivity index (χ3v) is 5.30. The molecule has 6 nitrogen and oxygen atoms in total. The van der Waals surface area contributed by atoms with E-state index in [1.165, 1.54) is 0 Å². The summed E-state index contributed by atoms with van der Waals surface area (Å²) >= 11 is 1.60. The first kappa shape index (κ1) is 22.6. The average molecular weight is 441 g/mol. The zero-order valence-electron chi connectivity index (χ0n) is 18.1. The van der Waals surface area contributed by atoms with Crippen LogP contribution in [0.15, 0.2) is 47.8 Å². The second-order valence-corrected chi connectivity index (χ2v) is 7.89. The lowest BCUT2D eigenvalue weighted by Gasteiger charge is -2.12. The maximum absolute atomic E-state index is 12.4. The molecule has 1 heterocycles. The molecule has 0 spiro atoms. The van der Waals surface area contributed by atoms with Crippen molar-refractivity contribution in [2.75, 3.05) is 19.8 Å². The van der Waals surface area contributed by atoms with E-state index >= 15 is 0 Å². The molecule has 3 aromatic rings.